The summed E-state index contributed by atoms with van der Waals surface area (Å²) in [5.41, 5.74) is 2.21. The third kappa shape index (κ3) is 3.45. The molecular formula is C11H18FN. The number of hydrogen-bond acceptors (Lipinski definition) is 1. The molecule has 0 unspecified atom stereocenters. The van der Waals surface area contributed by atoms with Crippen molar-refractivity contribution in [2.75, 3.05) is 7.05 Å². The Morgan fingerprint density at radius 3 is 2.15 bits per heavy atom. The van der Waals surface area contributed by atoms with Crippen LogP contribution in [0.5, 0.6) is 0 Å². The molecule has 0 saturated heterocycles. The molecule has 0 aliphatic carbocycles. The Bertz CT molecular complexity index is 259. The van der Waals surface area contributed by atoms with Gasteiger partial charge in [-0.25, -0.2) is 4.39 Å². The lowest BCUT2D eigenvalue weighted by molar-refractivity contribution is 0.624. The minimum Gasteiger partial charge on any atom is -0.389 e. The van der Waals surface area contributed by atoms with E-state index in [1.807, 2.05) is 26.0 Å². The molecule has 0 aliphatic heterocycles. The first-order valence-electron chi connectivity index (χ1n) is 4.39. The van der Waals surface area contributed by atoms with Gasteiger partial charge >= 0.3 is 0 Å². The van der Waals surface area contributed by atoms with Gasteiger partial charge in [-0.1, -0.05) is 12.2 Å². The monoisotopic (exact) mass is 183 g/mol. The van der Waals surface area contributed by atoms with Crippen LogP contribution >= 0.6 is 0 Å². The topological polar surface area (TPSA) is 12.0 Å². The predicted molar refractivity (Wildman–Crippen MR) is 56.1 cm³/mol. The largest absolute Gasteiger partial charge is 0.389 e. The van der Waals surface area contributed by atoms with Gasteiger partial charge < -0.3 is 5.32 Å². The van der Waals surface area contributed by atoms with Crippen LogP contribution in [0.4, 0.5) is 4.39 Å². The standard InChI is InChI=1S/C11H18FN/c1-6-7-8(2)9(3)11(12)10(4)13-5/h6-7,13H,1-5H3/b7-6+,9-8+,11-10+. The molecule has 2 heteroatoms. The van der Waals surface area contributed by atoms with Crippen LogP contribution < -0.4 is 5.32 Å². The lowest BCUT2D eigenvalue weighted by Gasteiger charge is -2.05. The van der Waals surface area contributed by atoms with Crippen molar-refractivity contribution in [3.63, 3.8) is 0 Å². The zero-order valence-corrected chi connectivity index (χ0v) is 9.03. The fourth-order valence-electron chi connectivity index (χ4n) is 0.939. The van der Waals surface area contributed by atoms with E-state index >= 15 is 0 Å². The Hall–Kier alpha value is -1.05. The van der Waals surface area contributed by atoms with Crippen molar-refractivity contribution < 1.29 is 4.39 Å². The van der Waals surface area contributed by atoms with E-state index < -0.39 is 0 Å². The van der Waals surface area contributed by atoms with E-state index in [9.17, 15) is 4.39 Å². The molecule has 0 heterocycles. The van der Waals surface area contributed by atoms with Crippen LogP contribution in [0, 0.1) is 0 Å². The highest BCUT2D eigenvalue weighted by molar-refractivity contribution is 5.35. The molecule has 0 saturated carbocycles. The Morgan fingerprint density at radius 2 is 1.77 bits per heavy atom. The van der Waals surface area contributed by atoms with Crippen molar-refractivity contribution in [1.82, 2.24) is 5.32 Å². The summed E-state index contributed by atoms with van der Waals surface area (Å²) in [7, 11) is 1.72. The summed E-state index contributed by atoms with van der Waals surface area (Å²) < 4.78 is 13.5. The summed E-state index contributed by atoms with van der Waals surface area (Å²) >= 11 is 0. The minimum absolute atomic E-state index is 0.168. The molecule has 0 aromatic heterocycles. The average molecular weight is 183 g/mol. The maximum Gasteiger partial charge on any atom is 0.144 e. The van der Waals surface area contributed by atoms with E-state index in [2.05, 4.69) is 5.32 Å². The summed E-state index contributed by atoms with van der Waals surface area (Å²) in [5, 5.41) is 2.79. The number of rotatable bonds is 3. The first-order valence-corrected chi connectivity index (χ1v) is 4.39. The van der Waals surface area contributed by atoms with E-state index in [-0.39, 0.29) is 5.83 Å². The van der Waals surface area contributed by atoms with Gasteiger partial charge in [0.1, 0.15) is 5.83 Å². The number of hydrogen-bond donors (Lipinski definition) is 1. The van der Waals surface area contributed by atoms with Gasteiger partial charge in [0.05, 0.1) is 0 Å². The van der Waals surface area contributed by atoms with E-state index in [1.165, 1.54) is 0 Å². The number of halogens is 1. The number of nitrogens with one attached hydrogen (secondary N) is 1. The van der Waals surface area contributed by atoms with Crippen LogP contribution in [0.1, 0.15) is 27.7 Å². The van der Waals surface area contributed by atoms with Crippen LogP contribution in [0.2, 0.25) is 0 Å². The van der Waals surface area contributed by atoms with Crippen LogP contribution in [-0.4, -0.2) is 7.05 Å². The summed E-state index contributed by atoms with van der Waals surface area (Å²) in [6.45, 7) is 7.33. The number of allylic oxidation sites excluding steroid dienone is 6. The molecule has 0 rings (SSSR count). The molecule has 1 nitrogen and oxygen atoms in total. The smallest absolute Gasteiger partial charge is 0.144 e. The normalized spacial score (nSPS) is 15.5. The van der Waals surface area contributed by atoms with Gasteiger partial charge in [-0.05, 0) is 38.8 Å². The van der Waals surface area contributed by atoms with E-state index in [1.54, 1.807) is 20.9 Å². The third-order valence-electron chi connectivity index (χ3n) is 2.04. The van der Waals surface area contributed by atoms with Gasteiger partial charge in [0.25, 0.3) is 0 Å². The molecule has 0 aromatic rings. The molecule has 1 N–H and O–H groups in total. The Labute approximate surface area is 80.0 Å². The lowest BCUT2D eigenvalue weighted by atomic mass is 10.1. The predicted octanol–water partition coefficient (Wildman–Crippen LogP) is 3.32. The molecule has 0 aliphatic rings. The highest BCUT2D eigenvalue weighted by atomic mass is 19.1. The SMILES string of the molecule is C/C=C/C(C)=C(C)/C(F)=C(/C)NC. The second-order valence-electron chi connectivity index (χ2n) is 3.00. The third-order valence-corrected chi connectivity index (χ3v) is 2.04. The zero-order chi connectivity index (χ0) is 10.4. The highest BCUT2D eigenvalue weighted by Gasteiger charge is 2.04. The maximum absolute atomic E-state index is 13.5. The second kappa shape index (κ2) is 5.57. The molecule has 0 spiro atoms. The van der Waals surface area contributed by atoms with Crippen molar-refractivity contribution in [2.45, 2.75) is 27.7 Å². The summed E-state index contributed by atoms with van der Waals surface area (Å²) in [6, 6.07) is 0. The summed E-state index contributed by atoms with van der Waals surface area (Å²) in [4.78, 5) is 0. The van der Waals surface area contributed by atoms with Crippen molar-refractivity contribution in [3.05, 3.63) is 34.8 Å². The van der Waals surface area contributed by atoms with Crippen LogP contribution in [0.25, 0.3) is 0 Å². The minimum atomic E-state index is -0.168. The lowest BCUT2D eigenvalue weighted by Crippen LogP contribution is -2.04. The van der Waals surface area contributed by atoms with Gasteiger partial charge in [-0.3, -0.25) is 0 Å². The van der Waals surface area contributed by atoms with Crippen LogP contribution in [0.15, 0.2) is 34.8 Å². The molecule has 74 valence electrons. The molecule has 0 aromatic carbocycles. The van der Waals surface area contributed by atoms with E-state index in [0.717, 1.165) is 5.57 Å². The van der Waals surface area contributed by atoms with Crippen molar-refractivity contribution in [1.29, 1.82) is 0 Å². The first kappa shape index (κ1) is 11.9. The zero-order valence-electron chi connectivity index (χ0n) is 9.03. The Kier molecular flexibility index (Phi) is 5.12. The van der Waals surface area contributed by atoms with Gasteiger partial charge in [-0.2, -0.15) is 0 Å². The molecule has 0 radical (unpaired) electrons. The highest BCUT2D eigenvalue weighted by Crippen LogP contribution is 2.18. The molecule has 0 atom stereocenters. The van der Waals surface area contributed by atoms with E-state index in [0.29, 0.717) is 11.3 Å². The molecule has 0 fully saturated rings. The second-order valence-corrected chi connectivity index (χ2v) is 3.00. The molecular weight excluding hydrogens is 165 g/mol. The van der Waals surface area contributed by atoms with Crippen molar-refractivity contribution in [2.24, 2.45) is 0 Å². The molecule has 0 bridgehead atoms. The van der Waals surface area contributed by atoms with Gasteiger partial charge in [0.15, 0.2) is 0 Å². The Balaban J connectivity index is 4.98. The van der Waals surface area contributed by atoms with Crippen LogP contribution in [0.3, 0.4) is 0 Å². The van der Waals surface area contributed by atoms with Crippen LogP contribution in [-0.2, 0) is 0 Å². The molecule has 0 amide bonds. The first-order chi connectivity index (χ1) is 6.04. The average Bonchev–Trinajstić information content (AvgIpc) is 2.14. The fraction of sp³-hybridized carbons (Fsp3) is 0.455. The fourth-order valence-corrected chi connectivity index (χ4v) is 0.939. The quantitative estimate of drug-likeness (QED) is 0.662. The summed E-state index contributed by atoms with van der Waals surface area (Å²) in [5.74, 6) is -0.168. The van der Waals surface area contributed by atoms with Crippen molar-refractivity contribution >= 4 is 0 Å². The van der Waals surface area contributed by atoms with E-state index in [4.69, 9.17) is 0 Å². The van der Waals surface area contributed by atoms with Gasteiger partial charge in [0, 0.05) is 12.7 Å². The van der Waals surface area contributed by atoms with Crippen molar-refractivity contribution in [3.8, 4) is 0 Å². The maximum atomic E-state index is 13.5. The Morgan fingerprint density at radius 1 is 1.23 bits per heavy atom. The molecule has 13 heavy (non-hydrogen) atoms. The summed E-state index contributed by atoms with van der Waals surface area (Å²) in [6.07, 6.45) is 3.80. The van der Waals surface area contributed by atoms with Gasteiger partial charge in [0.2, 0.25) is 0 Å². The van der Waals surface area contributed by atoms with Gasteiger partial charge in [-0.15, -0.1) is 0 Å².